The number of rotatable bonds is 5. The molecule has 0 radical (unpaired) electrons. The van der Waals surface area contributed by atoms with Gasteiger partial charge in [-0.3, -0.25) is 4.79 Å². The van der Waals surface area contributed by atoms with Crippen LogP contribution < -0.4 is 14.9 Å². The van der Waals surface area contributed by atoms with Crippen LogP contribution in [0, 0.1) is 12.8 Å². The van der Waals surface area contributed by atoms with E-state index < -0.39 is 10.0 Å². The second-order valence-corrected chi connectivity index (χ2v) is 9.28. The van der Waals surface area contributed by atoms with Gasteiger partial charge in [0.05, 0.1) is 11.1 Å². The monoisotopic (exact) mass is 429 g/mol. The Kier molecular flexibility index (Phi) is 5.74. The van der Waals surface area contributed by atoms with Crippen molar-refractivity contribution in [3.63, 3.8) is 0 Å². The molecule has 0 atom stereocenters. The predicted molar refractivity (Wildman–Crippen MR) is 111 cm³/mol. The maximum atomic E-state index is 12.8. The molecule has 1 saturated heterocycles. The van der Waals surface area contributed by atoms with E-state index in [1.54, 1.807) is 36.4 Å². The molecule has 2 aliphatic heterocycles. The third kappa shape index (κ3) is 4.31. The lowest BCUT2D eigenvalue weighted by Gasteiger charge is -2.30. The number of carbonyl (C=O) groups is 1. The van der Waals surface area contributed by atoms with Crippen molar-refractivity contribution >= 4 is 22.1 Å². The lowest BCUT2D eigenvalue weighted by molar-refractivity contribution is -0.126. The van der Waals surface area contributed by atoms with E-state index in [-0.39, 0.29) is 23.5 Å². The third-order valence-electron chi connectivity index (χ3n) is 5.27. The molecule has 0 saturated carbocycles. The van der Waals surface area contributed by atoms with Crippen molar-refractivity contribution in [2.45, 2.75) is 24.7 Å². The summed E-state index contributed by atoms with van der Waals surface area (Å²) in [4.78, 5) is 12.7. The fourth-order valence-electron chi connectivity index (χ4n) is 3.47. The van der Waals surface area contributed by atoms with Crippen molar-refractivity contribution in [2.24, 2.45) is 11.0 Å². The minimum Gasteiger partial charge on any atom is -0.454 e. The molecule has 8 nitrogen and oxygen atoms in total. The number of amides is 1. The number of hydrogen-bond acceptors (Lipinski definition) is 6. The van der Waals surface area contributed by atoms with Crippen molar-refractivity contribution in [1.82, 2.24) is 9.73 Å². The summed E-state index contributed by atoms with van der Waals surface area (Å²) in [7, 11) is -3.54. The second kappa shape index (κ2) is 8.45. The van der Waals surface area contributed by atoms with Crippen LogP contribution in [0.3, 0.4) is 0 Å². The Balaban J connectivity index is 1.30. The van der Waals surface area contributed by atoms with Crippen molar-refractivity contribution in [3.05, 3.63) is 53.6 Å². The average molecular weight is 429 g/mol. The fraction of sp³-hybridized carbons (Fsp3) is 0.333. The van der Waals surface area contributed by atoms with Crippen LogP contribution in [0.1, 0.15) is 24.0 Å². The standard InChI is InChI=1S/C21H23N3O5S/c1-15-2-5-18(6-3-15)30(26,27)24-10-8-17(9-11-24)21(25)23-22-13-16-4-7-19-20(12-16)29-14-28-19/h2-7,12-13,17H,8-11,14H2,1H3,(H,23,25)/b22-13-. The molecular weight excluding hydrogens is 406 g/mol. The third-order valence-corrected chi connectivity index (χ3v) is 7.18. The van der Waals surface area contributed by atoms with Gasteiger partial charge in [0.25, 0.3) is 0 Å². The van der Waals surface area contributed by atoms with Gasteiger partial charge in [0.15, 0.2) is 11.5 Å². The first-order chi connectivity index (χ1) is 14.4. The summed E-state index contributed by atoms with van der Waals surface area (Å²) in [6, 6.07) is 12.2. The molecule has 2 aliphatic rings. The molecule has 158 valence electrons. The largest absolute Gasteiger partial charge is 0.454 e. The number of aryl methyl sites for hydroxylation is 1. The molecule has 2 aromatic rings. The predicted octanol–water partition coefficient (Wildman–Crippen LogP) is 2.27. The first kappa shape index (κ1) is 20.4. The smallest absolute Gasteiger partial charge is 0.243 e. The van der Waals surface area contributed by atoms with Crippen LogP contribution in [0.5, 0.6) is 11.5 Å². The molecule has 30 heavy (non-hydrogen) atoms. The van der Waals surface area contributed by atoms with Gasteiger partial charge in [0.1, 0.15) is 0 Å². The Morgan fingerprint density at radius 1 is 1.10 bits per heavy atom. The van der Waals surface area contributed by atoms with Crippen molar-refractivity contribution < 1.29 is 22.7 Å². The normalized spacial score (nSPS) is 17.4. The highest BCUT2D eigenvalue weighted by atomic mass is 32.2. The molecule has 1 amide bonds. The average Bonchev–Trinajstić information content (AvgIpc) is 3.22. The maximum absolute atomic E-state index is 12.8. The van der Waals surface area contributed by atoms with E-state index in [4.69, 9.17) is 9.47 Å². The molecule has 0 aliphatic carbocycles. The lowest BCUT2D eigenvalue weighted by Crippen LogP contribution is -2.42. The highest BCUT2D eigenvalue weighted by molar-refractivity contribution is 7.89. The summed E-state index contributed by atoms with van der Waals surface area (Å²) >= 11 is 0. The summed E-state index contributed by atoms with van der Waals surface area (Å²) in [5.74, 6) is 0.846. The first-order valence-electron chi connectivity index (χ1n) is 9.73. The summed E-state index contributed by atoms with van der Waals surface area (Å²) < 4.78 is 37.5. The molecule has 2 heterocycles. The van der Waals surface area contributed by atoms with Crippen LogP contribution in [0.2, 0.25) is 0 Å². The first-order valence-corrected chi connectivity index (χ1v) is 11.2. The fourth-order valence-corrected chi connectivity index (χ4v) is 4.94. The number of hydrazone groups is 1. The maximum Gasteiger partial charge on any atom is 0.243 e. The van der Waals surface area contributed by atoms with Gasteiger partial charge in [-0.1, -0.05) is 17.7 Å². The minimum atomic E-state index is -3.54. The molecule has 0 spiro atoms. The van der Waals surface area contributed by atoms with Gasteiger partial charge in [0.2, 0.25) is 22.7 Å². The molecular formula is C21H23N3O5S. The van der Waals surface area contributed by atoms with Crippen LogP contribution in [0.15, 0.2) is 52.5 Å². The second-order valence-electron chi connectivity index (χ2n) is 7.34. The Hall–Kier alpha value is -2.91. The minimum absolute atomic E-state index is 0.199. The number of sulfonamides is 1. The number of hydrogen-bond donors (Lipinski definition) is 1. The SMILES string of the molecule is Cc1ccc(S(=O)(=O)N2CCC(C(=O)N/N=C\c3ccc4c(c3)OCO4)CC2)cc1. The van der Waals surface area contributed by atoms with E-state index in [0.29, 0.717) is 37.4 Å². The number of nitrogens with zero attached hydrogens (tertiary/aromatic N) is 2. The summed E-state index contributed by atoms with van der Waals surface area (Å²) in [6.07, 6.45) is 2.45. The van der Waals surface area contributed by atoms with Crippen LogP contribution in [-0.2, 0) is 14.8 Å². The Labute approximate surface area is 175 Å². The Bertz CT molecular complexity index is 1060. The zero-order chi connectivity index (χ0) is 21.1. The van der Waals surface area contributed by atoms with E-state index in [2.05, 4.69) is 10.5 Å². The Morgan fingerprint density at radius 3 is 2.53 bits per heavy atom. The zero-order valence-electron chi connectivity index (χ0n) is 16.6. The van der Waals surface area contributed by atoms with E-state index in [1.807, 2.05) is 13.0 Å². The highest BCUT2D eigenvalue weighted by Crippen LogP contribution is 2.32. The van der Waals surface area contributed by atoms with Crippen LogP contribution in [0.25, 0.3) is 0 Å². The number of piperidine rings is 1. The molecule has 0 bridgehead atoms. The summed E-state index contributed by atoms with van der Waals surface area (Å²) in [5.41, 5.74) is 4.33. The van der Waals surface area contributed by atoms with Gasteiger partial charge in [0, 0.05) is 19.0 Å². The molecule has 1 N–H and O–H groups in total. The van der Waals surface area contributed by atoms with Crippen molar-refractivity contribution in [2.75, 3.05) is 19.9 Å². The van der Waals surface area contributed by atoms with E-state index in [0.717, 1.165) is 11.1 Å². The zero-order valence-corrected chi connectivity index (χ0v) is 17.4. The quantitative estimate of drug-likeness (QED) is 0.581. The van der Waals surface area contributed by atoms with Gasteiger partial charge in [-0.05, 0) is 55.7 Å². The molecule has 0 aromatic heterocycles. The van der Waals surface area contributed by atoms with Gasteiger partial charge in [-0.2, -0.15) is 9.41 Å². The number of ether oxygens (including phenoxy) is 2. The summed E-state index contributed by atoms with van der Waals surface area (Å²) in [5, 5.41) is 4.01. The number of carbonyl (C=O) groups excluding carboxylic acids is 1. The van der Waals surface area contributed by atoms with Gasteiger partial charge in [-0.25, -0.2) is 13.8 Å². The van der Waals surface area contributed by atoms with E-state index in [9.17, 15) is 13.2 Å². The van der Waals surface area contributed by atoms with Gasteiger partial charge >= 0.3 is 0 Å². The van der Waals surface area contributed by atoms with E-state index >= 15 is 0 Å². The topological polar surface area (TPSA) is 97.3 Å². The van der Waals surface area contributed by atoms with Gasteiger partial charge in [-0.15, -0.1) is 0 Å². The van der Waals surface area contributed by atoms with Crippen LogP contribution in [0.4, 0.5) is 0 Å². The number of fused-ring (bicyclic) bond motifs is 1. The molecule has 1 fully saturated rings. The Morgan fingerprint density at radius 2 is 1.80 bits per heavy atom. The number of benzene rings is 2. The lowest BCUT2D eigenvalue weighted by atomic mass is 9.98. The molecule has 0 unspecified atom stereocenters. The van der Waals surface area contributed by atoms with Crippen molar-refractivity contribution in [3.8, 4) is 11.5 Å². The highest BCUT2D eigenvalue weighted by Gasteiger charge is 2.32. The van der Waals surface area contributed by atoms with Crippen molar-refractivity contribution in [1.29, 1.82) is 0 Å². The van der Waals surface area contributed by atoms with E-state index in [1.165, 1.54) is 10.5 Å². The van der Waals surface area contributed by atoms with Crippen LogP contribution >= 0.6 is 0 Å². The van der Waals surface area contributed by atoms with Crippen LogP contribution in [-0.4, -0.2) is 44.7 Å². The molecule has 4 rings (SSSR count). The summed E-state index contributed by atoms with van der Waals surface area (Å²) in [6.45, 7) is 2.72. The molecule has 9 heteroatoms. The number of nitrogens with one attached hydrogen (secondary N) is 1. The van der Waals surface area contributed by atoms with Gasteiger partial charge < -0.3 is 9.47 Å². The molecule has 2 aromatic carbocycles.